The van der Waals surface area contributed by atoms with Gasteiger partial charge in [0, 0.05) is 0 Å². The average Bonchev–Trinajstić information content (AvgIpc) is 2.28. The smallest absolute Gasteiger partial charge is 0.387 e. The summed E-state index contributed by atoms with van der Waals surface area (Å²) < 4.78 is 28.0. The van der Waals surface area contributed by atoms with Gasteiger partial charge in [-0.1, -0.05) is 12.1 Å². The first kappa shape index (κ1) is 13.7. The Morgan fingerprint density at radius 1 is 1.41 bits per heavy atom. The number of nitriles is 1. The fraction of sp³-hybridized carbons (Fsp3) is 0.417. The van der Waals surface area contributed by atoms with E-state index in [0.29, 0.717) is 12.8 Å². The van der Waals surface area contributed by atoms with Gasteiger partial charge in [0.05, 0.1) is 6.07 Å². The van der Waals surface area contributed by atoms with Crippen molar-refractivity contribution in [3.05, 3.63) is 29.8 Å². The molecule has 1 unspecified atom stereocenters. The number of alkyl halides is 3. The van der Waals surface area contributed by atoms with Crippen LogP contribution in [0.15, 0.2) is 24.3 Å². The zero-order valence-electron chi connectivity index (χ0n) is 9.29. The highest BCUT2D eigenvalue weighted by Crippen LogP contribution is 2.22. The van der Waals surface area contributed by atoms with Crippen LogP contribution in [-0.2, 0) is 6.42 Å². The third kappa shape index (κ3) is 5.01. The predicted octanol–water partition coefficient (Wildman–Crippen LogP) is 3.74. The van der Waals surface area contributed by atoms with Gasteiger partial charge in [0.15, 0.2) is 0 Å². The Balaban J connectivity index is 2.55. The second kappa shape index (κ2) is 5.83. The van der Waals surface area contributed by atoms with Gasteiger partial charge in [-0.15, -0.1) is 11.6 Å². The zero-order chi connectivity index (χ0) is 12.9. The Morgan fingerprint density at radius 2 is 2.00 bits per heavy atom. The Kier molecular flexibility index (Phi) is 4.71. The van der Waals surface area contributed by atoms with Crippen molar-refractivity contribution in [1.29, 1.82) is 5.26 Å². The van der Waals surface area contributed by atoms with Crippen molar-refractivity contribution in [2.24, 2.45) is 0 Å². The average molecular weight is 260 g/mol. The van der Waals surface area contributed by atoms with Crippen molar-refractivity contribution in [3.63, 3.8) is 0 Å². The maximum Gasteiger partial charge on any atom is 0.387 e. The lowest BCUT2D eigenvalue weighted by Gasteiger charge is -2.12. The van der Waals surface area contributed by atoms with Gasteiger partial charge in [0.25, 0.3) is 0 Å². The number of halogens is 3. The van der Waals surface area contributed by atoms with E-state index in [2.05, 4.69) is 4.74 Å². The summed E-state index contributed by atoms with van der Waals surface area (Å²) in [4.78, 5) is -0.891. The number of ether oxygens (including phenoxy) is 1. The molecule has 0 amide bonds. The van der Waals surface area contributed by atoms with Gasteiger partial charge in [0.1, 0.15) is 10.6 Å². The molecule has 0 aliphatic heterocycles. The summed E-state index contributed by atoms with van der Waals surface area (Å²) in [5, 5.41) is 8.73. The number of hydrogen-bond acceptors (Lipinski definition) is 2. The largest absolute Gasteiger partial charge is 0.435 e. The van der Waals surface area contributed by atoms with Crippen LogP contribution in [-0.4, -0.2) is 11.5 Å². The lowest BCUT2D eigenvalue weighted by atomic mass is 10.0. The minimum atomic E-state index is -2.81. The van der Waals surface area contributed by atoms with E-state index >= 15 is 0 Å². The molecule has 2 nitrogen and oxygen atoms in total. The van der Waals surface area contributed by atoms with Crippen LogP contribution in [0, 0.1) is 11.3 Å². The van der Waals surface area contributed by atoms with Crippen molar-refractivity contribution < 1.29 is 13.5 Å². The summed E-state index contributed by atoms with van der Waals surface area (Å²) in [6, 6.07) is 8.30. The van der Waals surface area contributed by atoms with Crippen LogP contribution >= 0.6 is 11.6 Å². The SMILES string of the molecule is CC(Cl)(C#N)CCc1ccc(OC(F)F)cc1. The Hall–Kier alpha value is -1.34. The Bertz CT molecular complexity index is 398. The second-order valence-electron chi connectivity index (χ2n) is 3.83. The molecule has 0 aromatic heterocycles. The topological polar surface area (TPSA) is 33.0 Å². The standard InChI is InChI=1S/C12H12ClF2NO/c1-12(13,8-16)7-6-9-2-4-10(5-3-9)17-11(14)15/h2-5,11H,6-7H2,1H3. The summed E-state index contributed by atoms with van der Waals surface area (Å²) in [6.45, 7) is -1.17. The number of hydrogen-bond donors (Lipinski definition) is 0. The van der Waals surface area contributed by atoms with E-state index < -0.39 is 11.5 Å². The molecule has 92 valence electrons. The number of aryl methyl sites for hydroxylation is 1. The van der Waals surface area contributed by atoms with Crippen LogP contribution in [0.5, 0.6) is 5.75 Å². The first-order chi connectivity index (χ1) is 7.93. The maximum atomic E-state index is 11.9. The predicted molar refractivity (Wildman–Crippen MR) is 61.3 cm³/mol. The number of benzene rings is 1. The van der Waals surface area contributed by atoms with Gasteiger partial charge in [-0.05, 0) is 37.5 Å². The first-order valence-electron chi connectivity index (χ1n) is 5.07. The molecule has 0 bridgehead atoms. The van der Waals surface area contributed by atoms with Gasteiger partial charge in [-0.2, -0.15) is 14.0 Å². The summed E-state index contributed by atoms with van der Waals surface area (Å²) >= 11 is 5.89. The molecule has 1 rings (SSSR count). The van der Waals surface area contributed by atoms with Crippen LogP contribution in [0.4, 0.5) is 8.78 Å². The molecule has 17 heavy (non-hydrogen) atoms. The summed E-state index contributed by atoms with van der Waals surface area (Å²) in [7, 11) is 0. The van der Waals surface area contributed by atoms with Crippen molar-refractivity contribution in [3.8, 4) is 11.8 Å². The Morgan fingerprint density at radius 3 is 2.47 bits per heavy atom. The molecule has 0 N–H and O–H groups in total. The quantitative estimate of drug-likeness (QED) is 0.755. The molecular weight excluding hydrogens is 248 g/mol. The molecule has 0 saturated heterocycles. The van der Waals surface area contributed by atoms with Crippen molar-refractivity contribution in [2.45, 2.75) is 31.3 Å². The number of rotatable bonds is 5. The van der Waals surface area contributed by atoms with E-state index in [4.69, 9.17) is 16.9 Å². The van der Waals surface area contributed by atoms with E-state index in [1.54, 1.807) is 19.1 Å². The van der Waals surface area contributed by atoms with Crippen molar-refractivity contribution in [2.75, 3.05) is 0 Å². The van der Waals surface area contributed by atoms with Gasteiger partial charge < -0.3 is 4.74 Å². The van der Waals surface area contributed by atoms with Gasteiger partial charge in [-0.25, -0.2) is 0 Å². The van der Waals surface area contributed by atoms with Crippen LogP contribution in [0.2, 0.25) is 0 Å². The molecule has 1 aromatic rings. The van der Waals surface area contributed by atoms with E-state index in [1.807, 2.05) is 6.07 Å². The molecule has 5 heteroatoms. The lowest BCUT2D eigenvalue weighted by Crippen LogP contribution is -2.13. The van der Waals surface area contributed by atoms with Crippen LogP contribution in [0.3, 0.4) is 0 Å². The third-order valence-corrected chi connectivity index (χ3v) is 2.54. The minimum absolute atomic E-state index is 0.123. The van der Waals surface area contributed by atoms with E-state index in [9.17, 15) is 8.78 Å². The Labute approximate surface area is 104 Å². The first-order valence-corrected chi connectivity index (χ1v) is 5.45. The molecule has 1 atom stereocenters. The molecule has 0 saturated carbocycles. The highest BCUT2D eigenvalue weighted by molar-refractivity contribution is 6.25. The molecule has 0 radical (unpaired) electrons. The monoisotopic (exact) mass is 259 g/mol. The van der Waals surface area contributed by atoms with Crippen LogP contribution in [0.25, 0.3) is 0 Å². The summed E-state index contributed by atoms with van der Waals surface area (Å²) in [5.41, 5.74) is 0.925. The number of nitrogens with zero attached hydrogens (tertiary/aromatic N) is 1. The van der Waals surface area contributed by atoms with Gasteiger partial charge >= 0.3 is 6.61 Å². The molecule has 0 spiro atoms. The molecule has 0 fully saturated rings. The molecular formula is C12H12ClF2NO. The zero-order valence-corrected chi connectivity index (χ0v) is 10.0. The maximum absolute atomic E-state index is 11.9. The van der Waals surface area contributed by atoms with E-state index in [-0.39, 0.29) is 5.75 Å². The molecule has 0 aliphatic carbocycles. The van der Waals surface area contributed by atoms with Crippen LogP contribution in [0.1, 0.15) is 18.9 Å². The highest BCUT2D eigenvalue weighted by Gasteiger charge is 2.19. The summed E-state index contributed by atoms with van der Waals surface area (Å²) in [5.74, 6) is 0.123. The van der Waals surface area contributed by atoms with Gasteiger partial charge in [-0.3, -0.25) is 0 Å². The molecule has 0 aliphatic rings. The van der Waals surface area contributed by atoms with E-state index in [1.165, 1.54) is 12.1 Å². The third-order valence-electron chi connectivity index (χ3n) is 2.26. The van der Waals surface area contributed by atoms with Gasteiger partial charge in [0.2, 0.25) is 0 Å². The van der Waals surface area contributed by atoms with Crippen molar-refractivity contribution >= 4 is 11.6 Å². The fourth-order valence-corrected chi connectivity index (χ4v) is 1.37. The summed E-state index contributed by atoms with van der Waals surface area (Å²) in [6.07, 6.45) is 1.11. The normalized spacial score (nSPS) is 14.1. The van der Waals surface area contributed by atoms with Crippen molar-refractivity contribution in [1.82, 2.24) is 0 Å². The molecule has 1 aromatic carbocycles. The lowest BCUT2D eigenvalue weighted by molar-refractivity contribution is -0.0498. The van der Waals surface area contributed by atoms with Crippen LogP contribution < -0.4 is 4.74 Å². The highest BCUT2D eigenvalue weighted by atomic mass is 35.5. The second-order valence-corrected chi connectivity index (χ2v) is 4.67. The molecule has 0 heterocycles. The van der Waals surface area contributed by atoms with E-state index in [0.717, 1.165) is 5.56 Å². The fourth-order valence-electron chi connectivity index (χ4n) is 1.27. The minimum Gasteiger partial charge on any atom is -0.435 e.